The van der Waals surface area contributed by atoms with E-state index in [2.05, 4.69) is 30.6 Å². The number of aliphatic hydroxyl groups excluding tert-OH is 1. The van der Waals surface area contributed by atoms with Crippen molar-refractivity contribution in [2.45, 2.75) is 57.8 Å². The molecule has 0 amide bonds. The van der Waals surface area contributed by atoms with Crippen LogP contribution in [0.5, 0.6) is 0 Å². The van der Waals surface area contributed by atoms with Gasteiger partial charge in [0.15, 0.2) is 12.5 Å². The molecule has 0 spiro atoms. The van der Waals surface area contributed by atoms with Gasteiger partial charge in [0.2, 0.25) is 0 Å². The molecule has 3 heterocycles. The van der Waals surface area contributed by atoms with Gasteiger partial charge >= 0.3 is 0 Å². The standard InChI is InChI=1S/C15H28N2O3/c1-15(2,3)20-14-13(19-14)17-7-6-16-8-11(10-18)4-5-12(16)9-17/h11-14,18H,4-10H2,1-3H3. The quantitative estimate of drug-likeness (QED) is 0.779. The Morgan fingerprint density at radius 1 is 1.15 bits per heavy atom. The second-order valence-electron chi connectivity index (χ2n) is 7.39. The number of nitrogens with zero attached hydrogens (tertiary/aromatic N) is 2. The summed E-state index contributed by atoms with van der Waals surface area (Å²) in [5.41, 5.74) is -0.138. The van der Waals surface area contributed by atoms with Crippen molar-refractivity contribution >= 4 is 0 Å². The summed E-state index contributed by atoms with van der Waals surface area (Å²) in [7, 11) is 0. The van der Waals surface area contributed by atoms with E-state index in [0.717, 1.165) is 32.6 Å². The third-order valence-corrected chi connectivity index (χ3v) is 4.55. The predicted molar refractivity (Wildman–Crippen MR) is 76.2 cm³/mol. The van der Waals surface area contributed by atoms with Crippen molar-refractivity contribution in [3.63, 3.8) is 0 Å². The number of hydrogen-bond acceptors (Lipinski definition) is 5. The first kappa shape index (κ1) is 14.7. The molecule has 4 unspecified atom stereocenters. The molecule has 5 heteroatoms. The van der Waals surface area contributed by atoms with Gasteiger partial charge < -0.3 is 14.6 Å². The molecular formula is C15H28N2O3. The molecule has 20 heavy (non-hydrogen) atoms. The van der Waals surface area contributed by atoms with E-state index >= 15 is 0 Å². The second-order valence-corrected chi connectivity index (χ2v) is 7.39. The molecule has 1 N–H and O–H groups in total. The molecule has 116 valence electrons. The fourth-order valence-electron chi connectivity index (χ4n) is 3.45. The fraction of sp³-hybridized carbons (Fsp3) is 1.00. The molecule has 0 radical (unpaired) electrons. The van der Waals surface area contributed by atoms with Crippen molar-refractivity contribution < 1.29 is 14.6 Å². The zero-order valence-corrected chi connectivity index (χ0v) is 12.9. The monoisotopic (exact) mass is 284 g/mol. The zero-order chi connectivity index (χ0) is 14.3. The summed E-state index contributed by atoms with van der Waals surface area (Å²) in [6.45, 7) is 10.8. The second kappa shape index (κ2) is 5.54. The first-order valence-electron chi connectivity index (χ1n) is 7.88. The molecule has 3 saturated heterocycles. The lowest BCUT2D eigenvalue weighted by Crippen LogP contribution is -2.57. The summed E-state index contributed by atoms with van der Waals surface area (Å²) in [6.07, 6.45) is 2.46. The van der Waals surface area contributed by atoms with E-state index in [1.165, 1.54) is 6.42 Å². The van der Waals surface area contributed by atoms with Gasteiger partial charge in [-0.05, 0) is 39.5 Å². The van der Waals surface area contributed by atoms with Crippen molar-refractivity contribution in [2.75, 3.05) is 32.8 Å². The summed E-state index contributed by atoms with van der Waals surface area (Å²) in [4.78, 5) is 4.97. The summed E-state index contributed by atoms with van der Waals surface area (Å²) in [6, 6.07) is 0.631. The lowest BCUT2D eigenvalue weighted by atomic mass is 9.91. The Kier molecular flexibility index (Phi) is 4.08. The molecule has 3 aliphatic heterocycles. The topological polar surface area (TPSA) is 48.5 Å². The first-order chi connectivity index (χ1) is 9.46. The van der Waals surface area contributed by atoms with Crippen molar-refractivity contribution in [3.8, 4) is 0 Å². The van der Waals surface area contributed by atoms with Gasteiger partial charge in [-0.1, -0.05) is 0 Å². The normalized spacial score (nSPS) is 39.6. The highest BCUT2D eigenvalue weighted by Gasteiger charge is 2.49. The lowest BCUT2D eigenvalue weighted by Gasteiger charge is -2.45. The highest BCUT2D eigenvalue weighted by molar-refractivity contribution is 4.92. The summed E-state index contributed by atoms with van der Waals surface area (Å²) in [5, 5.41) is 9.30. The van der Waals surface area contributed by atoms with Crippen molar-refractivity contribution in [3.05, 3.63) is 0 Å². The van der Waals surface area contributed by atoms with Crippen LogP contribution >= 0.6 is 0 Å². The first-order valence-corrected chi connectivity index (χ1v) is 7.88. The Balaban J connectivity index is 1.49. The number of aliphatic hydroxyl groups is 1. The van der Waals surface area contributed by atoms with Gasteiger partial charge in [0, 0.05) is 38.8 Å². The maximum atomic E-state index is 9.30. The lowest BCUT2D eigenvalue weighted by molar-refractivity contribution is -0.0586. The number of ether oxygens (including phenoxy) is 2. The summed E-state index contributed by atoms with van der Waals surface area (Å²) < 4.78 is 11.6. The van der Waals surface area contributed by atoms with Gasteiger partial charge in [0.1, 0.15) is 0 Å². The molecule has 0 saturated carbocycles. The minimum Gasteiger partial charge on any atom is -0.396 e. The molecule has 3 fully saturated rings. The maximum Gasteiger partial charge on any atom is 0.200 e. The SMILES string of the molecule is CC(C)(C)OC1OC1N1CCN2CC(CO)CCC2C1. The van der Waals surface area contributed by atoms with Crippen LogP contribution in [0.4, 0.5) is 0 Å². The fourth-order valence-corrected chi connectivity index (χ4v) is 3.45. The van der Waals surface area contributed by atoms with Crippen LogP contribution in [0.15, 0.2) is 0 Å². The number of fused-ring (bicyclic) bond motifs is 1. The van der Waals surface area contributed by atoms with Gasteiger partial charge in [-0.2, -0.15) is 0 Å². The van der Waals surface area contributed by atoms with Gasteiger partial charge in [0.25, 0.3) is 0 Å². The minimum atomic E-state index is -0.138. The molecule has 0 aromatic rings. The molecule has 3 rings (SSSR count). The van der Waals surface area contributed by atoms with Crippen LogP contribution in [0.25, 0.3) is 0 Å². The predicted octanol–water partition coefficient (Wildman–Crippen LogP) is 0.872. The Morgan fingerprint density at radius 3 is 2.60 bits per heavy atom. The smallest absolute Gasteiger partial charge is 0.200 e. The van der Waals surface area contributed by atoms with E-state index in [-0.39, 0.29) is 18.1 Å². The largest absolute Gasteiger partial charge is 0.396 e. The number of hydrogen-bond donors (Lipinski definition) is 1. The van der Waals surface area contributed by atoms with Gasteiger partial charge in [-0.25, -0.2) is 0 Å². The Hall–Kier alpha value is -0.200. The third-order valence-electron chi connectivity index (χ3n) is 4.55. The van der Waals surface area contributed by atoms with E-state index in [1.54, 1.807) is 0 Å². The molecular weight excluding hydrogens is 256 g/mol. The van der Waals surface area contributed by atoms with Crippen LogP contribution in [0.3, 0.4) is 0 Å². The van der Waals surface area contributed by atoms with Gasteiger partial charge in [-0.3, -0.25) is 9.80 Å². The highest BCUT2D eigenvalue weighted by Crippen LogP contribution is 2.34. The third kappa shape index (κ3) is 3.34. The van der Waals surface area contributed by atoms with Crippen LogP contribution in [0, 0.1) is 5.92 Å². The molecule has 3 aliphatic rings. The van der Waals surface area contributed by atoms with E-state index in [0.29, 0.717) is 18.6 Å². The zero-order valence-electron chi connectivity index (χ0n) is 12.9. The molecule has 4 atom stereocenters. The van der Waals surface area contributed by atoms with Crippen molar-refractivity contribution in [1.82, 2.24) is 9.80 Å². The van der Waals surface area contributed by atoms with Crippen LogP contribution in [-0.4, -0.2) is 71.9 Å². The molecule has 0 aromatic carbocycles. The molecule has 0 aliphatic carbocycles. The van der Waals surface area contributed by atoms with Crippen LogP contribution in [0.2, 0.25) is 0 Å². The van der Waals surface area contributed by atoms with Gasteiger partial charge in [0.05, 0.1) is 5.60 Å². The molecule has 0 bridgehead atoms. The van der Waals surface area contributed by atoms with E-state index < -0.39 is 0 Å². The van der Waals surface area contributed by atoms with Crippen LogP contribution < -0.4 is 0 Å². The molecule has 5 nitrogen and oxygen atoms in total. The summed E-state index contributed by atoms with van der Waals surface area (Å²) in [5.74, 6) is 0.479. The van der Waals surface area contributed by atoms with Crippen LogP contribution in [-0.2, 0) is 9.47 Å². The minimum absolute atomic E-state index is 0.0460. The maximum absolute atomic E-state index is 9.30. The van der Waals surface area contributed by atoms with Crippen LogP contribution in [0.1, 0.15) is 33.6 Å². The van der Waals surface area contributed by atoms with E-state index in [4.69, 9.17) is 9.47 Å². The van der Waals surface area contributed by atoms with E-state index in [1.807, 2.05) is 0 Å². The Bertz CT molecular complexity index is 345. The average Bonchev–Trinajstić information content (AvgIpc) is 3.14. The molecule has 0 aromatic heterocycles. The number of piperidine rings is 1. The number of epoxide rings is 1. The van der Waals surface area contributed by atoms with Crippen molar-refractivity contribution in [1.29, 1.82) is 0 Å². The number of rotatable bonds is 3. The van der Waals surface area contributed by atoms with Gasteiger partial charge in [-0.15, -0.1) is 0 Å². The van der Waals surface area contributed by atoms with Crippen molar-refractivity contribution in [2.24, 2.45) is 5.92 Å². The highest BCUT2D eigenvalue weighted by atomic mass is 16.8. The average molecular weight is 284 g/mol. The Morgan fingerprint density at radius 2 is 1.90 bits per heavy atom. The summed E-state index contributed by atoms with van der Waals surface area (Å²) >= 11 is 0. The number of piperazine rings is 1. The van der Waals surface area contributed by atoms with E-state index in [9.17, 15) is 5.11 Å². The Labute approximate surface area is 121 Å².